The monoisotopic (exact) mass is 431 g/mol. The quantitative estimate of drug-likeness (QED) is 0.392. The number of carbonyl (C=O) groups excluding carboxylic acids is 2. The maximum Gasteiger partial charge on any atom is 0.238 e. The normalized spacial score (nSPS) is 25.2. The lowest BCUT2D eigenvalue weighted by Gasteiger charge is -2.22. The number of fused-ring (bicyclic) bond motifs is 5. The van der Waals surface area contributed by atoms with E-state index < -0.39 is 0 Å². The fourth-order valence-electron chi connectivity index (χ4n) is 5.93. The zero-order valence-corrected chi connectivity index (χ0v) is 18.7. The van der Waals surface area contributed by atoms with Gasteiger partial charge in [0, 0.05) is 11.8 Å². The van der Waals surface area contributed by atoms with Crippen LogP contribution in [0.4, 0.5) is 5.69 Å². The lowest BCUT2D eigenvalue weighted by molar-refractivity contribution is -0.122. The van der Waals surface area contributed by atoms with Crippen LogP contribution in [0, 0.1) is 37.5 Å². The third kappa shape index (κ3) is 2.88. The molecule has 1 aliphatic heterocycles. The Kier molecular flexibility index (Phi) is 4.48. The minimum atomic E-state index is -0.327. The summed E-state index contributed by atoms with van der Waals surface area (Å²) in [4.78, 5) is 28.8. The van der Waals surface area contributed by atoms with Gasteiger partial charge in [0.25, 0.3) is 0 Å². The Bertz CT molecular complexity index is 1260. The van der Waals surface area contributed by atoms with Gasteiger partial charge in [0.15, 0.2) is 0 Å². The van der Waals surface area contributed by atoms with Crippen LogP contribution < -0.4 is 4.90 Å². The Morgan fingerprint density at radius 3 is 1.67 bits per heavy atom. The van der Waals surface area contributed by atoms with E-state index in [-0.39, 0.29) is 35.5 Å². The second kappa shape index (κ2) is 7.41. The molecule has 2 amide bonds. The second-order valence-electron chi connectivity index (χ2n) is 9.33. The molecule has 3 aromatic rings. The van der Waals surface area contributed by atoms with Crippen LogP contribution in [0.5, 0.6) is 0 Å². The van der Waals surface area contributed by atoms with Gasteiger partial charge in [0.05, 0.1) is 17.5 Å². The molecule has 3 aromatic carbocycles. The van der Waals surface area contributed by atoms with E-state index in [0.29, 0.717) is 5.69 Å². The predicted octanol–water partition coefficient (Wildman–Crippen LogP) is 5.73. The molecule has 2 bridgehead atoms. The molecule has 1 heterocycles. The van der Waals surface area contributed by atoms with Gasteiger partial charge in [-0.25, -0.2) is 4.90 Å². The van der Waals surface area contributed by atoms with Gasteiger partial charge in [-0.1, -0.05) is 78.9 Å². The zero-order valence-electron chi connectivity index (χ0n) is 18.7. The maximum absolute atomic E-state index is 13.7. The first kappa shape index (κ1) is 19.9. The number of nitrogens with zero attached hydrogens (tertiary/aromatic N) is 1. The van der Waals surface area contributed by atoms with Crippen molar-refractivity contribution in [3.05, 3.63) is 119 Å². The summed E-state index contributed by atoms with van der Waals surface area (Å²) in [5.74, 6) is -0.893. The number of hydrogen-bond donors (Lipinski definition) is 0. The summed E-state index contributed by atoms with van der Waals surface area (Å²) in [5, 5.41) is 0. The van der Waals surface area contributed by atoms with Crippen LogP contribution in [0.2, 0.25) is 0 Å². The highest BCUT2D eigenvalue weighted by Gasteiger charge is 2.62. The van der Waals surface area contributed by atoms with E-state index in [0.717, 1.165) is 27.8 Å². The first-order valence-electron chi connectivity index (χ1n) is 11.5. The molecule has 6 rings (SSSR count). The lowest BCUT2D eigenvalue weighted by atomic mass is 9.85. The van der Waals surface area contributed by atoms with Crippen LogP contribution in [0.1, 0.15) is 22.3 Å². The average Bonchev–Trinajstić information content (AvgIpc) is 3.47. The molecule has 2 aliphatic carbocycles. The Balaban J connectivity index is 1.48. The third-order valence-electron chi connectivity index (χ3n) is 7.58. The molecule has 0 unspecified atom stereocenters. The van der Waals surface area contributed by atoms with Crippen LogP contribution in [0.25, 0.3) is 5.57 Å². The average molecular weight is 432 g/mol. The van der Waals surface area contributed by atoms with Crippen molar-refractivity contribution in [2.45, 2.75) is 13.8 Å². The van der Waals surface area contributed by atoms with Gasteiger partial charge >= 0.3 is 0 Å². The van der Waals surface area contributed by atoms with Crippen LogP contribution in [0.3, 0.4) is 0 Å². The van der Waals surface area contributed by atoms with Gasteiger partial charge in [-0.15, -0.1) is 0 Å². The summed E-state index contributed by atoms with van der Waals surface area (Å²) in [5.41, 5.74) is 7.56. The molecule has 33 heavy (non-hydrogen) atoms. The van der Waals surface area contributed by atoms with E-state index in [2.05, 4.69) is 36.4 Å². The maximum atomic E-state index is 13.7. The summed E-state index contributed by atoms with van der Waals surface area (Å²) < 4.78 is 0. The van der Waals surface area contributed by atoms with Crippen molar-refractivity contribution >= 4 is 23.1 Å². The highest BCUT2D eigenvalue weighted by molar-refractivity contribution is 6.23. The van der Waals surface area contributed by atoms with Gasteiger partial charge in [0.1, 0.15) is 0 Å². The number of carbonyl (C=O) groups is 2. The Hall–Kier alpha value is -3.72. The summed E-state index contributed by atoms with van der Waals surface area (Å²) in [6.07, 6.45) is 4.31. The van der Waals surface area contributed by atoms with Crippen molar-refractivity contribution in [1.29, 1.82) is 0 Å². The Labute approximate surface area is 194 Å². The third-order valence-corrected chi connectivity index (χ3v) is 7.58. The molecule has 0 spiro atoms. The van der Waals surface area contributed by atoms with E-state index in [9.17, 15) is 9.59 Å². The number of allylic oxidation sites excluding steroid dienone is 3. The number of hydrogen-bond acceptors (Lipinski definition) is 2. The van der Waals surface area contributed by atoms with E-state index >= 15 is 0 Å². The molecule has 1 saturated carbocycles. The largest absolute Gasteiger partial charge is 0.274 e. The van der Waals surface area contributed by atoms with Crippen molar-refractivity contribution in [2.24, 2.45) is 23.7 Å². The summed E-state index contributed by atoms with van der Waals surface area (Å²) in [7, 11) is 0. The number of amides is 2. The first-order valence-corrected chi connectivity index (χ1v) is 11.5. The summed E-state index contributed by atoms with van der Waals surface area (Å²) in [6.45, 7) is 4.06. The standard InChI is InChI=1S/C30H25NO2/c1-18-13-14-22(17-19(18)2)31-29(32)27-23-15-16-24(28(27)30(31)33)26(23)25(20-9-5-3-6-10-20)21-11-7-4-8-12-21/h3-17,23-24,27-28H,1-2H3/t23-,24-,27-,28+/m0/s1. The highest BCUT2D eigenvalue weighted by atomic mass is 16.2. The SMILES string of the molecule is Cc1ccc(N2C(=O)[C@@H]3[C@H](C2=O)[C@H]2C=C[C@H]3C2=C(c2ccccc2)c2ccccc2)cc1C. The molecule has 4 atom stereocenters. The van der Waals surface area contributed by atoms with E-state index in [1.807, 2.05) is 68.4 Å². The van der Waals surface area contributed by atoms with Crippen molar-refractivity contribution in [3.63, 3.8) is 0 Å². The number of aryl methyl sites for hydroxylation is 2. The van der Waals surface area contributed by atoms with Crippen LogP contribution in [-0.2, 0) is 9.59 Å². The summed E-state index contributed by atoms with van der Waals surface area (Å²) in [6, 6.07) is 26.5. The molecular formula is C30H25NO2. The van der Waals surface area contributed by atoms with Crippen LogP contribution in [0.15, 0.2) is 96.6 Å². The van der Waals surface area contributed by atoms with Crippen molar-refractivity contribution < 1.29 is 9.59 Å². The lowest BCUT2D eigenvalue weighted by Crippen LogP contribution is -2.33. The molecule has 3 aliphatic rings. The number of benzene rings is 3. The van der Waals surface area contributed by atoms with E-state index in [1.165, 1.54) is 10.5 Å². The van der Waals surface area contributed by atoms with Crippen molar-refractivity contribution in [1.82, 2.24) is 0 Å². The van der Waals surface area contributed by atoms with E-state index in [4.69, 9.17) is 0 Å². The van der Waals surface area contributed by atoms with Gasteiger partial charge < -0.3 is 0 Å². The number of anilines is 1. The first-order chi connectivity index (χ1) is 16.1. The van der Waals surface area contributed by atoms with Gasteiger partial charge in [-0.3, -0.25) is 9.59 Å². The minimum absolute atomic E-state index is 0.0524. The zero-order chi connectivity index (χ0) is 22.7. The fourth-order valence-corrected chi connectivity index (χ4v) is 5.93. The molecule has 162 valence electrons. The molecule has 0 radical (unpaired) electrons. The molecule has 3 nitrogen and oxygen atoms in total. The van der Waals surface area contributed by atoms with Gasteiger partial charge in [-0.05, 0) is 59.4 Å². The molecule has 0 aromatic heterocycles. The van der Waals surface area contributed by atoms with Crippen molar-refractivity contribution in [3.8, 4) is 0 Å². The van der Waals surface area contributed by atoms with Crippen LogP contribution >= 0.6 is 0 Å². The Morgan fingerprint density at radius 1 is 0.667 bits per heavy atom. The minimum Gasteiger partial charge on any atom is -0.274 e. The molecule has 0 N–H and O–H groups in total. The van der Waals surface area contributed by atoms with Gasteiger partial charge in [0.2, 0.25) is 11.8 Å². The highest BCUT2D eigenvalue weighted by Crippen LogP contribution is 2.58. The van der Waals surface area contributed by atoms with E-state index in [1.54, 1.807) is 0 Å². The van der Waals surface area contributed by atoms with Crippen molar-refractivity contribution in [2.75, 3.05) is 4.90 Å². The number of rotatable bonds is 3. The molecule has 1 saturated heterocycles. The Morgan fingerprint density at radius 2 is 1.18 bits per heavy atom. The summed E-state index contributed by atoms with van der Waals surface area (Å²) >= 11 is 0. The molecular weight excluding hydrogens is 406 g/mol. The topological polar surface area (TPSA) is 37.4 Å². The predicted molar refractivity (Wildman–Crippen MR) is 130 cm³/mol. The van der Waals surface area contributed by atoms with Crippen LogP contribution in [-0.4, -0.2) is 11.8 Å². The molecule has 2 fully saturated rings. The second-order valence-corrected chi connectivity index (χ2v) is 9.33. The fraction of sp³-hybridized carbons (Fsp3) is 0.200. The molecule has 3 heteroatoms. The smallest absolute Gasteiger partial charge is 0.238 e. The number of imide groups is 1. The van der Waals surface area contributed by atoms with Gasteiger partial charge in [-0.2, -0.15) is 0 Å².